The van der Waals surface area contributed by atoms with Crippen molar-refractivity contribution in [1.82, 2.24) is 4.98 Å². The van der Waals surface area contributed by atoms with Crippen molar-refractivity contribution in [2.45, 2.75) is 9.79 Å². The second kappa shape index (κ2) is 5.76. The van der Waals surface area contributed by atoms with Crippen molar-refractivity contribution in [3.63, 3.8) is 0 Å². The molecule has 22 heavy (non-hydrogen) atoms. The van der Waals surface area contributed by atoms with Crippen molar-refractivity contribution in [2.75, 3.05) is 5.73 Å². The molecule has 0 aliphatic carbocycles. The van der Waals surface area contributed by atoms with Crippen LogP contribution in [0.25, 0.3) is 10.9 Å². The van der Waals surface area contributed by atoms with Crippen molar-refractivity contribution >= 4 is 51.6 Å². The third-order valence-electron chi connectivity index (χ3n) is 3.06. The van der Waals surface area contributed by atoms with E-state index in [1.165, 1.54) is 6.07 Å². The zero-order chi connectivity index (χ0) is 15.9. The van der Waals surface area contributed by atoms with Crippen LogP contribution in [-0.4, -0.2) is 10.1 Å². The van der Waals surface area contributed by atoms with Crippen molar-refractivity contribution in [3.8, 4) is 5.75 Å². The van der Waals surface area contributed by atoms with E-state index in [1.54, 1.807) is 30.3 Å². The zero-order valence-corrected chi connectivity index (χ0v) is 13.4. The molecule has 2 aromatic carbocycles. The number of anilines is 1. The minimum Gasteiger partial charge on any atom is -0.506 e. The minimum atomic E-state index is -0.412. The van der Waals surface area contributed by atoms with E-state index >= 15 is 0 Å². The Morgan fingerprint density at radius 2 is 1.82 bits per heavy atom. The summed E-state index contributed by atoms with van der Waals surface area (Å²) in [5.74, 6) is -0.165. The van der Waals surface area contributed by atoms with Gasteiger partial charge in [-0.2, -0.15) is 0 Å². The van der Waals surface area contributed by atoms with E-state index in [0.29, 0.717) is 21.6 Å². The first kappa shape index (κ1) is 15.1. The van der Waals surface area contributed by atoms with Gasteiger partial charge in [0, 0.05) is 15.6 Å². The summed E-state index contributed by atoms with van der Waals surface area (Å²) in [6.07, 6.45) is 0. The highest BCUT2D eigenvalue weighted by Crippen LogP contribution is 2.39. The fraction of sp³-hybridized carbons (Fsp3) is 0. The Kier molecular flexibility index (Phi) is 3.95. The first-order valence-corrected chi connectivity index (χ1v) is 7.80. The normalized spacial score (nSPS) is 11.0. The van der Waals surface area contributed by atoms with Gasteiger partial charge in [0.15, 0.2) is 0 Å². The number of nitrogens with one attached hydrogen (secondary N) is 1. The number of hydrogen-bond donors (Lipinski definition) is 3. The van der Waals surface area contributed by atoms with E-state index < -0.39 is 5.56 Å². The van der Waals surface area contributed by atoms with Crippen LogP contribution in [0.4, 0.5) is 5.69 Å². The number of nitrogens with two attached hydrogens (primary N) is 1. The van der Waals surface area contributed by atoms with Crippen LogP contribution < -0.4 is 11.3 Å². The Balaban J connectivity index is 2.18. The summed E-state index contributed by atoms with van der Waals surface area (Å²) in [6.45, 7) is 0. The van der Waals surface area contributed by atoms with E-state index in [1.807, 2.05) is 0 Å². The quantitative estimate of drug-likeness (QED) is 0.601. The summed E-state index contributed by atoms with van der Waals surface area (Å²) in [5.41, 5.74) is 6.23. The second-order valence-electron chi connectivity index (χ2n) is 4.61. The molecule has 0 bridgehead atoms. The molecule has 7 heteroatoms. The molecule has 4 N–H and O–H groups in total. The maximum Gasteiger partial charge on any atom is 0.266 e. The van der Waals surface area contributed by atoms with Crippen LogP contribution in [0, 0.1) is 0 Å². The Bertz CT molecular complexity index is 923. The molecule has 0 atom stereocenters. The molecule has 0 aliphatic heterocycles. The number of pyridine rings is 1. The number of fused-ring (bicyclic) bond motifs is 1. The molecule has 0 unspecified atom stereocenters. The monoisotopic (exact) mass is 352 g/mol. The average molecular weight is 353 g/mol. The average Bonchev–Trinajstić information content (AvgIpc) is 2.44. The zero-order valence-electron chi connectivity index (χ0n) is 11.1. The molecule has 0 radical (unpaired) electrons. The smallest absolute Gasteiger partial charge is 0.266 e. The lowest BCUT2D eigenvalue weighted by Gasteiger charge is -2.09. The maximum absolute atomic E-state index is 12.2. The van der Waals surface area contributed by atoms with Gasteiger partial charge in [0.05, 0.1) is 15.9 Å². The molecule has 0 aliphatic rings. The fourth-order valence-electron chi connectivity index (χ4n) is 2.06. The van der Waals surface area contributed by atoms with Crippen molar-refractivity contribution < 1.29 is 5.11 Å². The molecule has 0 spiro atoms. The highest BCUT2D eigenvalue weighted by atomic mass is 35.5. The molecule has 1 aromatic heterocycles. The fourth-order valence-corrected chi connectivity index (χ4v) is 3.49. The van der Waals surface area contributed by atoms with E-state index in [-0.39, 0.29) is 15.7 Å². The Labute approximate surface area is 139 Å². The van der Waals surface area contributed by atoms with Crippen molar-refractivity contribution in [3.05, 3.63) is 56.8 Å². The number of nitrogen functional groups attached to an aromatic ring is 1. The van der Waals surface area contributed by atoms with Gasteiger partial charge in [-0.15, -0.1) is 0 Å². The van der Waals surface area contributed by atoms with Crippen molar-refractivity contribution in [1.29, 1.82) is 0 Å². The molecular formula is C15H10Cl2N2O2S. The predicted octanol–water partition coefficient (Wildman–Crippen LogP) is 4.27. The van der Waals surface area contributed by atoms with Crippen LogP contribution in [0.2, 0.25) is 10.0 Å². The summed E-state index contributed by atoms with van der Waals surface area (Å²) < 4.78 is 0. The number of aromatic hydroxyl groups is 1. The predicted molar refractivity (Wildman–Crippen MR) is 91.2 cm³/mol. The van der Waals surface area contributed by atoms with Gasteiger partial charge in [-0.05, 0) is 36.4 Å². The lowest BCUT2D eigenvalue weighted by atomic mass is 10.2. The van der Waals surface area contributed by atoms with Gasteiger partial charge in [0.1, 0.15) is 10.6 Å². The first-order valence-electron chi connectivity index (χ1n) is 6.23. The Morgan fingerprint density at radius 1 is 1.14 bits per heavy atom. The van der Waals surface area contributed by atoms with Crippen LogP contribution in [0.3, 0.4) is 0 Å². The maximum atomic E-state index is 12.2. The number of aromatic amines is 1. The lowest BCUT2D eigenvalue weighted by molar-refractivity contribution is 0.467. The molecule has 112 valence electrons. The van der Waals surface area contributed by atoms with Gasteiger partial charge in [-0.3, -0.25) is 4.79 Å². The van der Waals surface area contributed by atoms with E-state index in [4.69, 9.17) is 28.9 Å². The van der Waals surface area contributed by atoms with Crippen LogP contribution in [0.5, 0.6) is 5.75 Å². The molecule has 3 rings (SSSR count). The highest BCUT2D eigenvalue weighted by molar-refractivity contribution is 7.99. The van der Waals surface area contributed by atoms with Crippen LogP contribution in [0.1, 0.15) is 0 Å². The second-order valence-corrected chi connectivity index (χ2v) is 6.54. The van der Waals surface area contributed by atoms with Crippen LogP contribution >= 0.6 is 35.0 Å². The van der Waals surface area contributed by atoms with Crippen LogP contribution in [0.15, 0.2) is 51.0 Å². The van der Waals surface area contributed by atoms with Gasteiger partial charge in [0.25, 0.3) is 5.56 Å². The number of hydrogen-bond acceptors (Lipinski definition) is 4. The molecular weight excluding hydrogens is 343 g/mol. The van der Waals surface area contributed by atoms with E-state index in [0.717, 1.165) is 16.7 Å². The number of H-pyrrole nitrogens is 1. The first-order chi connectivity index (χ1) is 10.5. The third kappa shape index (κ3) is 2.75. The molecule has 0 amide bonds. The van der Waals surface area contributed by atoms with Crippen molar-refractivity contribution in [2.24, 2.45) is 0 Å². The third-order valence-corrected chi connectivity index (χ3v) is 4.67. The van der Waals surface area contributed by atoms with Gasteiger partial charge >= 0.3 is 0 Å². The van der Waals surface area contributed by atoms with E-state index in [9.17, 15) is 9.90 Å². The van der Waals surface area contributed by atoms with E-state index in [2.05, 4.69) is 4.98 Å². The lowest BCUT2D eigenvalue weighted by Crippen LogP contribution is -2.08. The number of rotatable bonds is 2. The number of aromatic nitrogens is 1. The highest BCUT2D eigenvalue weighted by Gasteiger charge is 2.16. The Morgan fingerprint density at radius 3 is 2.50 bits per heavy atom. The molecule has 0 saturated heterocycles. The molecule has 4 nitrogen and oxygen atoms in total. The van der Waals surface area contributed by atoms with Gasteiger partial charge in [-0.1, -0.05) is 35.0 Å². The largest absolute Gasteiger partial charge is 0.506 e. The summed E-state index contributed by atoms with van der Waals surface area (Å²) in [4.78, 5) is 15.8. The number of halogens is 2. The molecule has 1 heterocycles. The van der Waals surface area contributed by atoms with Gasteiger partial charge in [-0.25, -0.2) is 0 Å². The summed E-state index contributed by atoms with van der Waals surface area (Å²) >= 11 is 13.2. The number of benzene rings is 2. The molecule has 3 aromatic rings. The molecule has 0 saturated carbocycles. The summed E-state index contributed by atoms with van der Waals surface area (Å²) in [7, 11) is 0. The SMILES string of the molecule is Nc1ccc(Sc2c(O)c3c(Cl)cc(Cl)cc3[nH]c2=O)cc1. The van der Waals surface area contributed by atoms with Crippen LogP contribution in [-0.2, 0) is 0 Å². The minimum absolute atomic E-state index is 0.165. The van der Waals surface area contributed by atoms with Gasteiger partial charge in [0.2, 0.25) is 0 Å². The topological polar surface area (TPSA) is 79.1 Å². The standard InChI is InChI=1S/C15H10Cl2N2O2S/c16-7-5-10(17)12-11(6-7)19-15(21)14(13(12)20)22-9-3-1-8(18)2-4-9/h1-6H,18H2,(H2,19,20,21). The van der Waals surface area contributed by atoms with Gasteiger partial charge < -0.3 is 15.8 Å². The summed E-state index contributed by atoms with van der Waals surface area (Å²) in [5, 5.41) is 11.4. The summed E-state index contributed by atoms with van der Waals surface area (Å²) in [6, 6.07) is 10.0. The Hall–Kier alpha value is -1.82. The molecule has 0 fully saturated rings.